The lowest BCUT2D eigenvalue weighted by Crippen LogP contribution is -2.35. The van der Waals surface area contributed by atoms with Gasteiger partial charge in [-0.15, -0.1) is 0 Å². The molecular weight excluding hydrogens is 296 g/mol. The number of nitro benzene ring substituents is 1. The van der Waals surface area contributed by atoms with E-state index in [1.54, 1.807) is 18.2 Å². The summed E-state index contributed by atoms with van der Waals surface area (Å²) in [5.74, 6) is -0.239. The lowest BCUT2D eigenvalue weighted by molar-refractivity contribution is -0.384. The van der Waals surface area contributed by atoms with Gasteiger partial charge in [0.2, 0.25) is 0 Å². The van der Waals surface area contributed by atoms with E-state index in [0.29, 0.717) is 23.1 Å². The molecular formula is C16H20N4O3. The number of nitro groups is 1. The number of amides is 1. The standard InChI is InChI=1S/C16H20N4O3/c1-3-19(4-2)10-9-17-16(21)15-7-5-12-11-13(20(22)23)6-8-14(12)18-15/h5-8,11H,3-4,9-10H2,1-2H3,(H,17,21). The lowest BCUT2D eigenvalue weighted by Gasteiger charge is -2.17. The zero-order valence-corrected chi connectivity index (χ0v) is 13.3. The second-order valence-electron chi connectivity index (χ2n) is 5.11. The van der Waals surface area contributed by atoms with Crippen molar-refractivity contribution in [3.8, 4) is 0 Å². The number of likely N-dealkylation sites (N-methyl/N-ethyl adjacent to an activating group) is 1. The monoisotopic (exact) mass is 316 g/mol. The Balaban J connectivity index is 2.06. The highest BCUT2D eigenvalue weighted by molar-refractivity contribution is 5.95. The number of aromatic nitrogens is 1. The molecule has 0 atom stereocenters. The van der Waals surface area contributed by atoms with E-state index in [-0.39, 0.29) is 11.6 Å². The Morgan fingerprint density at radius 2 is 2.00 bits per heavy atom. The summed E-state index contributed by atoms with van der Waals surface area (Å²) >= 11 is 0. The van der Waals surface area contributed by atoms with Crippen LogP contribution in [0.25, 0.3) is 10.9 Å². The van der Waals surface area contributed by atoms with Crippen molar-refractivity contribution < 1.29 is 9.72 Å². The zero-order chi connectivity index (χ0) is 16.8. The molecule has 2 aromatic rings. The maximum Gasteiger partial charge on any atom is 0.270 e. The Morgan fingerprint density at radius 3 is 2.65 bits per heavy atom. The molecule has 0 saturated carbocycles. The van der Waals surface area contributed by atoms with E-state index in [9.17, 15) is 14.9 Å². The van der Waals surface area contributed by atoms with Crippen molar-refractivity contribution in [2.24, 2.45) is 0 Å². The van der Waals surface area contributed by atoms with Gasteiger partial charge in [0, 0.05) is 30.6 Å². The third kappa shape index (κ3) is 4.23. The Labute approximate surface area is 134 Å². The van der Waals surface area contributed by atoms with Gasteiger partial charge >= 0.3 is 0 Å². The average molecular weight is 316 g/mol. The molecule has 1 aromatic carbocycles. The first-order valence-corrected chi connectivity index (χ1v) is 7.61. The molecule has 7 heteroatoms. The van der Waals surface area contributed by atoms with Crippen molar-refractivity contribution in [1.29, 1.82) is 0 Å². The van der Waals surface area contributed by atoms with Crippen molar-refractivity contribution in [2.45, 2.75) is 13.8 Å². The first kappa shape index (κ1) is 16.8. The molecule has 0 bridgehead atoms. The predicted molar refractivity (Wildman–Crippen MR) is 88.5 cm³/mol. The molecule has 2 rings (SSSR count). The number of fused-ring (bicyclic) bond motifs is 1. The molecule has 0 fully saturated rings. The molecule has 0 radical (unpaired) electrons. The Hall–Kier alpha value is -2.54. The van der Waals surface area contributed by atoms with Gasteiger partial charge in [0.25, 0.3) is 11.6 Å². The third-order valence-electron chi connectivity index (χ3n) is 3.72. The van der Waals surface area contributed by atoms with Crippen LogP contribution in [0.4, 0.5) is 5.69 Å². The summed E-state index contributed by atoms with van der Waals surface area (Å²) in [6.07, 6.45) is 0. The van der Waals surface area contributed by atoms with E-state index in [2.05, 4.69) is 29.0 Å². The molecule has 1 aromatic heterocycles. The molecule has 1 heterocycles. The second kappa shape index (κ2) is 7.64. The Kier molecular flexibility index (Phi) is 5.59. The normalized spacial score (nSPS) is 10.9. The highest BCUT2D eigenvalue weighted by atomic mass is 16.6. The van der Waals surface area contributed by atoms with Gasteiger partial charge in [-0.3, -0.25) is 14.9 Å². The molecule has 7 nitrogen and oxygen atoms in total. The molecule has 0 unspecified atom stereocenters. The number of carbonyl (C=O) groups excluding carboxylic acids is 1. The van der Waals surface area contributed by atoms with Crippen LogP contribution in [0.15, 0.2) is 30.3 Å². The fourth-order valence-corrected chi connectivity index (χ4v) is 2.31. The minimum atomic E-state index is -0.451. The first-order chi connectivity index (χ1) is 11.0. The summed E-state index contributed by atoms with van der Waals surface area (Å²) in [4.78, 5) is 28.9. The van der Waals surface area contributed by atoms with Gasteiger partial charge in [-0.2, -0.15) is 0 Å². The number of hydrogen-bond acceptors (Lipinski definition) is 5. The summed E-state index contributed by atoms with van der Waals surface area (Å²) in [7, 11) is 0. The van der Waals surface area contributed by atoms with Crippen LogP contribution in [0, 0.1) is 10.1 Å². The smallest absolute Gasteiger partial charge is 0.270 e. The van der Waals surface area contributed by atoms with Gasteiger partial charge in [0.05, 0.1) is 10.4 Å². The molecule has 1 amide bonds. The minimum absolute atomic E-state index is 0.00993. The number of nitrogens with one attached hydrogen (secondary N) is 1. The first-order valence-electron chi connectivity index (χ1n) is 7.61. The number of nitrogens with zero attached hydrogens (tertiary/aromatic N) is 3. The Bertz CT molecular complexity index is 714. The van der Waals surface area contributed by atoms with E-state index in [1.165, 1.54) is 12.1 Å². The van der Waals surface area contributed by atoms with Crippen molar-refractivity contribution in [3.05, 3.63) is 46.1 Å². The summed E-state index contributed by atoms with van der Waals surface area (Å²) in [5.41, 5.74) is 0.883. The number of rotatable bonds is 7. The molecule has 0 spiro atoms. The predicted octanol–water partition coefficient (Wildman–Crippen LogP) is 2.21. The van der Waals surface area contributed by atoms with Crippen molar-refractivity contribution in [2.75, 3.05) is 26.2 Å². The van der Waals surface area contributed by atoms with Crippen molar-refractivity contribution >= 4 is 22.5 Å². The molecule has 0 aliphatic carbocycles. The molecule has 122 valence electrons. The molecule has 1 N–H and O–H groups in total. The second-order valence-corrected chi connectivity index (χ2v) is 5.11. The topological polar surface area (TPSA) is 88.4 Å². The summed E-state index contributed by atoms with van der Waals surface area (Å²) in [6.45, 7) is 7.39. The number of pyridine rings is 1. The van der Waals surface area contributed by atoms with Crippen LogP contribution in [0.3, 0.4) is 0 Å². The van der Waals surface area contributed by atoms with Crippen molar-refractivity contribution in [3.63, 3.8) is 0 Å². The van der Waals surface area contributed by atoms with Crippen LogP contribution < -0.4 is 5.32 Å². The van der Waals surface area contributed by atoms with Gasteiger partial charge in [-0.1, -0.05) is 19.9 Å². The number of non-ortho nitro benzene ring substituents is 1. The maximum absolute atomic E-state index is 12.1. The van der Waals surface area contributed by atoms with Crippen LogP contribution in [0.1, 0.15) is 24.3 Å². The SMILES string of the molecule is CCN(CC)CCNC(=O)c1ccc2cc([N+](=O)[O-])ccc2n1. The third-order valence-corrected chi connectivity index (χ3v) is 3.72. The average Bonchev–Trinajstić information content (AvgIpc) is 2.57. The molecule has 23 heavy (non-hydrogen) atoms. The number of hydrogen-bond donors (Lipinski definition) is 1. The zero-order valence-electron chi connectivity index (χ0n) is 13.3. The highest BCUT2D eigenvalue weighted by Crippen LogP contribution is 2.19. The van der Waals surface area contributed by atoms with Crippen molar-refractivity contribution in [1.82, 2.24) is 15.2 Å². The number of carbonyl (C=O) groups is 1. The lowest BCUT2D eigenvalue weighted by atomic mass is 10.2. The van der Waals surface area contributed by atoms with E-state index < -0.39 is 4.92 Å². The summed E-state index contributed by atoms with van der Waals surface area (Å²) in [5, 5.41) is 14.2. The van der Waals surface area contributed by atoms with Crippen LogP contribution in [0.2, 0.25) is 0 Å². The van der Waals surface area contributed by atoms with Gasteiger partial charge in [0.15, 0.2) is 0 Å². The van der Waals surface area contributed by atoms with Crippen LogP contribution in [-0.4, -0.2) is 46.9 Å². The maximum atomic E-state index is 12.1. The summed E-state index contributed by atoms with van der Waals surface area (Å²) < 4.78 is 0. The minimum Gasteiger partial charge on any atom is -0.349 e. The fourth-order valence-electron chi connectivity index (χ4n) is 2.31. The molecule has 0 saturated heterocycles. The highest BCUT2D eigenvalue weighted by Gasteiger charge is 2.11. The van der Waals surface area contributed by atoms with Gasteiger partial charge < -0.3 is 10.2 Å². The van der Waals surface area contributed by atoms with Crippen LogP contribution in [0.5, 0.6) is 0 Å². The van der Waals surface area contributed by atoms with Gasteiger partial charge in [-0.25, -0.2) is 4.98 Å². The number of benzene rings is 1. The summed E-state index contributed by atoms with van der Waals surface area (Å²) in [6, 6.07) is 7.65. The van der Waals surface area contributed by atoms with Gasteiger partial charge in [0.1, 0.15) is 5.69 Å². The molecule has 0 aliphatic heterocycles. The van der Waals surface area contributed by atoms with E-state index >= 15 is 0 Å². The van der Waals surface area contributed by atoms with E-state index in [4.69, 9.17) is 0 Å². The Morgan fingerprint density at radius 1 is 1.26 bits per heavy atom. The van der Waals surface area contributed by atoms with Crippen LogP contribution in [-0.2, 0) is 0 Å². The molecule has 0 aliphatic rings. The quantitative estimate of drug-likeness (QED) is 0.625. The van der Waals surface area contributed by atoms with Crippen LogP contribution >= 0.6 is 0 Å². The van der Waals surface area contributed by atoms with E-state index in [1.807, 2.05) is 0 Å². The van der Waals surface area contributed by atoms with Gasteiger partial charge in [-0.05, 0) is 25.2 Å². The largest absolute Gasteiger partial charge is 0.349 e. The van der Waals surface area contributed by atoms with E-state index in [0.717, 1.165) is 19.6 Å². The fraction of sp³-hybridized carbons (Fsp3) is 0.375.